The number of amides is 1. The molecule has 0 aromatic heterocycles. The fourth-order valence-corrected chi connectivity index (χ4v) is 3.22. The molecule has 2 saturated heterocycles. The number of ether oxygens (including phenoxy) is 1. The van der Waals surface area contributed by atoms with Crippen molar-refractivity contribution in [2.45, 2.75) is 64.9 Å². The monoisotopic (exact) mass is 269 g/mol. The number of nitrogens with zero attached hydrogens (tertiary/aromatic N) is 2. The summed E-state index contributed by atoms with van der Waals surface area (Å²) in [7, 11) is 0. The van der Waals surface area contributed by atoms with E-state index >= 15 is 0 Å². The van der Waals surface area contributed by atoms with Gasteiger partial charge in [-0.25, -0.2) is 0 Å². The van der Waals surface area contributed by atoms with Crippen molar-refractivity contribution in [1.29, 1.82) is 0 Å². The van der Waals surface area contributed by atoms with E-state index in [-0.39, 0.29) is 6.09 Å². The van der Waals surface area contributed by atoms with Crippen molar-refractivity contribution in [1.82, 2.24) is 5.01 Å². The molecule has 0 radical (unpaired) electrons. The maximum absolute atomic E-state index is 12.7. The van der Waals surface area contributed by atoms with Gasteiger partial charge in [-0.1, -0.05) is 6.42 Å². The highest BCUT2D eigenvalue weighted by atomic mass is 16.6. The molecule has 2 fully saturated rings. The van der Waals surface area contributed by atoms with Crippen LogP contribution in [0.3, 0.4) is 0 Å². The van der Waals surface area contributed by atoms with Gasteiger partial charge in [-0.15, -0.1) is 9.60 Å². The molecule has 0 aliphatic carbocycles. The van der Waals surface area contributed by atoms with Crippen LogP contribution in [0.1, 0.15) is 59.3 Å². The fraction of sp³-hybridized carbons (Fsp3) is 0.933. The molecule has 19 heavy (non-hydrogen) atoms. The van der Waals surface area contributed by atoms with Crippen LogP contribution in [0.25, 0.3) is 0 Å². The molecular formula is C15H29N2O2+. The van der Waals surface area contributed by atoms with Gasteiger partial charge in [0.05, 0.1) is 0 Å². The van der Waals surface area contributed by atoms with Crippen LogP contribution in [0.5, 0.6) is 0 Å². The van der Waals surface area contributed by atoms with Crippen molar-refractivity contribution < 1.29 is 14.1 Å². The van der Waals surface area contributed by atoms with E-state index in [9.17, 15) is 4.79 Å². The normalized spacial score (nSPS) is 25.0. The van der Waals surface area contributed by atoms with Crippen LogP contribution in [0.2, 0.25) is 0 Å². The van der Waals surface area contributed by atoms with Gasteiger partial charge in [-0.3, -0.25) is 0 Å². The number of piperidine rings is 2. The van der Waals surface area contributed by atoms with E-state index in [0.717, 1.165) is 39.0 Å². The zero-order valence-electron chi connectivity index (χ0n) is 12.8. The van der Waals surface area contributed by atoms with Gasteiger partial charge in [-0.2, -0.15) is 4.79 Å². The Hall–Kier alpha value is -0.610. The summed E-state index contributed by atoms with van der Waals surface area (Å²) < 4.78 is 6.18. The lowest BCUT2D eigenvalue weighted by Gasteiger charge is -2.46. The van der Waals surface area contributed by atoms with Crippen LogP contribution >= 0.6 is 0 Å². The summed E-state index contributed by atoms with van der Waals surface area (Å²) >= 11 is 0. The molecule has 110 valence electrons. The first kappa shape index (κ1) is 14.8. The van der Waals surface area contributed by atoms with Crippen LogP contribution in [0.15, 0.2) is 0 Å². The lowest BCUT2D eigenvalue weighted by Crippen LogP contribution is -2.67. The minimum Gasteiger partial charge on any atom is -0.413 e. The van der Waals surface area contributed by atoms with Crippen molar-refractivity contribution >= 4 is 6.09 Å². The molecule has 1 amide bonds. The van der Waals surface area contributed by atoms with Crippen molar-refractivity contribution in [2.75, 3.05) is 26.2 Å². The number of carbonyl (C=O) groups excluding carboxylic acids is 1. The summed E-state index contributed by atoms with van der Waals surface area (Å²) in [5.74, 6) is 0. The topological polar surface area (TPSA) is 29.5 Å². The molecule has 0 aromatic carbocycles. The number of hydrogen-bond acceptors (Lipinski definition) is 3. The zero-order valence-corrected chi connectivity index (χ0v) is 12.8. The van der Waals surface area contributed by atoms with Gasteiger partial charge in [-0.05, 0) is 52.9 Å². The van der Waals surface area contributed by atoms with Crippen LogP contribution in [-0.4, -0.2) is 47.5 Å². The lowest BCUT2D eigenvalue weighted by molar-refractivity contribution is -0.977. The van der Waals surface area contributed by atoms with E-state index in [4.69, 9.17) is 4.74 Å². The maximum atomic E-state index is 12.7. The summed E-state index contributed by atoms with van der Waals surface area (Å²) in [6.07, 6.45) is 7.20. The molecule has 2 rings (SSSR count). The number of rotatable bonds is 1. The predicted molar refractivity (Wildman–Crippen MR) is 75.5 cm³/mol. The van der Waals surface area contributed by atoms with Crippen molar-refractivity contribution in [3.63, 3.8) is 0 Å². The van der Waals surface area contributed by atoms with Crippen LogP contribution in [-0.2, 0) is 4.74 Å². The van der Waals surface area contributed by atoms with Gasteiger partial charge in [0.15, 0.2) is 0 Å². The van der Waals surface area contributed by atoms with Gasteiger partial charge < -0.3 is 4.74 Å². The summed E-state index contributed by atoms with van der Waals surface area (Å²) in [6, 6.07) is 0. The summed E-state index contributed by atoms with van der Waals surface area (Å²) in [5, 5.41) is 2.37. The van der Waals surface area contributed by atoms with Gasteiger partial charge in [0.1, 0.15) is 18.7 Å². The van der Waals surface area contributed by atoms with Crippen molar-refractivity contribution in [3.8, 4) is 0 Å². The molecule has 2 aliphatic rings. The molecule has 0 aromatic rings. The average Bonchev–Trinajstić information content (AvgIpc) is 2.38. The third-order valence-corrected chi connectivity index (χ3v) is 4.16. The highest BCUT2D eigenvalue weighted by Crippen LogP contribution is 2.28. The molecule has 4 heteroatoms. The third-order valence-electron chi connectivity index (χ3n) is 4.16. The van der Waals surface area contributed by atoms with E-state index in [2.05, 4.69) is 5.01 Å². The summed E-state index contributed by atoms with van der Waals surface area (Å²) in [5.41, 5.74) is -0.393. The standard InChI is InChI=1S/C15H29N2O2/c1-15(2,3)19-14(18)17(12-8-5-9-13-17)16-10-6-4-7-11-16/h4-13H2,1-3H3/q+1. The van der Waals surface area contributed by atoms with E-state index in [1.807, 2.05) is 20.8 Å². The number of hydrogen-bond donors (Lipinski definition) is 0. The second-order valence-corrected chi connectivity index (χ2v) is 6.93. The quantitative estimate of drug-likeness (QED) is 0.684. The second-order valence-electron chi connectivity index (χ2n) is 6.93. The van der Waals surface area contributed by atoms with Gasteiger partial charge in [0.25, 0.3) is 0 Å². The van der Waals surface area contributed by atoms with Gasteiger partial charge in [0.2, 0.25) is 0 Å². The zero-order chi connectivity index (χ0) is 13.9. The molecule has 0 spiro atoms. The highest BCUT2D eigenvalue weighted by Gasteiger charge is 2.47. The van der Waals surface area contributed by atoms with Gasteiger partial charge in [0, 0.05) is 13.1 Å². The molecule has 0 bridgehead atoms. The Bertz CT molecular complexity index is 311. The third kappa shape index (κ3) is 3.48. The van der Waals surface area contributed by atoms with Gasteiger partial charge >= 0.3 is 6.09 Å². The maximum Gasteiger partial charge on any atom is 0.536 e. The molecule has 0 unspecified atom stereocenters. The molecule has 0 N–H and O–H groups in total. The molecule has 2 heterocycles. The predicted octanol–water partition coefficient (Wildman–Crippen LogP) is 3.32. The minimum atomic E-state index is -0.393. The minimum absolute atomic E-state index is 0.0332. The number of quaternary nitrogens is 1. The smallest absolute Gasteiger partial charge is 0.413 e. The van der Waals surface area contributed by atoms with Crippen LogP contribution < -0.4 is 0 Å². The first-order valence-electron chi connectivity index (χ1n) is 7.80. The van der Waals surface area contributed by atoms with E-state index in [0.29, 0.717) is 4.59 Å². The van der Waals surface area contributed by atoms with Crippen LogP contribution in [0.4, 0.5) is 4.79 Å². The SMILES string of the molecule is CC(C)(C)OC(=O)[N+]1(N2CCCCC2)CCCCC1. The Morgan fingerprint density at radius 3 is 2.00 bits per heavy atom. The first-order valence-corrected chi connectivity index (χ1v) is 7.80. The van der Waals surface area contributed by atoms with E-state index in [1.54, 1.807) is 0 Å². The van der Waals surface area contributed by atoms with Crippen LogP contribution in [0, 0.1) is 0 Å². The Labute approximate surface area is 117 Å². The number of likely N-dealkylation sites (tertiary alicyclic amines) is 1. The molecule has 4 nitrogen and oxygen atoms in total. The Kier molecular flexibility index (Phi) is 4.51. The fourth-order valence-electron chi connectivity index (χ4n) is 3.22. The van der Waals surface area contributed by atoms with E-state index < -0.39 is 5.60 Å². The molecular weight excluding hydrogens is 240 g/mol. The Balaban J connectivity index is 2.15. The Morgan fingerprint density at radius 1 is 0.947 bits per heavy atom. The van der Waals surface area contributed by atoms with Crippen molar-refractivity contribution in [2.24, 2.45) is 0 Å². The largest absolute Gasteiger partial charge is 0.536 e. The highest BCUT2D eigenvalue weighted by molar-refractivity contribution is 5.60. The Morgan fingerprint density at radius 2 is 1.47 bits per heavy atom. The summed E-state index contributed by atoms with van der Waals surface area (Å²) in [4.78, 5) is 12.7. The second kappa shape index (κ2) is 5.80. The molecule has 0 atom stereocenters. The summed E-state index contributed by atoms with van der Waals surface area (Å²) in [6.45, 7) is 9.81. The molecule has 2 aliphatic heterocycles. The first-order chi connectivity index (χ1) is 8.94. The molecule has 0 saturated carbocycles. The van der Waals surface area contributed by atoms with Crippen molar-refractivity contribution in [3.05, 3.63) is 0 Å². The number of carbonyl (C=O) groups is 1. The lowest BCUT2D eigenvalue weighted by atomic mass is 10.1. The average molecular weight is 269 g/mol. The van der Waals surface area contributed by atoms with E-state index in [1.165, 1.54) is 25.7 Å².